The van der Waals surface area contributed by atoms with Crippen LogP contribution >= 0.6 is 31.9 Å². The zero-order chi connectivity index (χ0) is 21.6. The molecule has 0 aliphatic heterocycles. The van der Waals surface area contributed by atoms with Crippen LogP contribution in [0.25, 0.3) is 11.1 Å². The number of hydrogen-bond donors (Lipinski definition) is 0. The van der Waals surface area contributed by atoms with E-state index >= 15 is 0 Å². The van der Waals surface area contributed by atoms with Crippen molar-refractivity contribution in [1.82, 2.24) is 0 Å². The van der Waals surface area contributed by atoms with Crippen molar-refractivity contribution in [3.63, 3.8) is 0 Å². The van der Waals surface area contributed by atoms with Gasteiger partial charge in [-0.05, 0) is 23.0 Å². The van der Waals surface area contributed by atoms with Crippen LogP contribution in [0.15, 0.2) is 33.2 Å². The molecule has 8 heteroatoms. The second kappa shape index (κ2) is 7.55. The number of nitro groups is 2. The molecule has 6 nitrogen and oxygen atoms in total. The summed E-state index contributed by atoms with van der Waals surface area (Å²) < 4.78 is 1.28. The van der Waals surface area contributed by atoms with Crippen molar-refractivity contribution in [3.05, 3.63) is 64.6 Å². The fourth-order valence-electron chi connectivity index (χ4n) is 3.04. The third-order valence-corrected chi connectivity index (χ3v) is 5.78. The highest BCUT2D eigenvalue weighted by molar-refractivity contribution is 9.11. The molecular weight excluding hydrogens is 492 g/mol. The summed E-state index contributed by atoms with van der Waals surface area (Å²) in [5, 5.41) is 23.4. The largest absolute Gasteiger partial charge is 0.273 e. The SMILES string of the molecule is CC(C)(C)c1cc(Br)c(-c2cc([N+](=O)[O-])c(C(C)(C)C)cc2Br)cc1[N+](=O)[O-]. The second-order valence-electron chi connectivity index (χ2n) is 8.71. The molecule has 0 aliphatic carbocycles. The first-order valence-electron chi connectivity index (χ1n) is 8.61. The van der Waals surface area contributed by atoms with E-state index in [1.165, 1.54) is 12.1 Å². The summed E-state index contributed by atoms with van der Waals surface area (Å²) >= 11 is 7.00. The van der Waals surface area contributed by atoms with Crippen LogP contribution in [0.1, 0.15) is 52.7 Å². The summed E-state index contributed by atoms with van der Waals surface area (Å²) in [5.41, 5.74) is 1.34. The monoisotopic (exact) mass is 512 g/mol. The molecule has 150 valence electrons. The van der Waals surface area contributed by atoms with Crippen molar-refractivity contribution in [3.8, 4) is 11.1 Å². The van der Waals surface area contributed by atoms with Gasteiger partial charge in [0.05, 0.1) is 9.85 Å². The molecule has 0 saturated heterocycles. The average Bonchev–Trinajstić information content (AvgIpc) is 2.52. The summed E-state index contributed by atoms with van der Waals surface area (Å²) in [7, 11) is 0. The summed E-state index contributed by atoms with van der Waals surface area (Å²) in [6.45, 7) is 11.4. The Balaban J connectivity index is 2.85. The summed E-state index contributed by atoms with van der Waals surface area (Å²) in [5.74, 6) is 0. The molecule has 0 amide bonds. The molecule has 2 rings (SSSR count). The molecule has 0 fully saturated rings. The van der Waals surface area contributed by atoms with Gasteiger partial charge in [0.2, 0.25) is 0 Å². The molecule has 0 radical (unpaired) electrons. The second-order valence-corrected chi connectivity index (χ2v) is 10.4. The lowest BCUT2D eigenvalue weighted by Gasteiger charge is -2.22. The molecule has 28 heavy (non-hydrogen) atoms. The maximum absolute atomic E-state index is 11.7. The number of rotatable bonds is 3. The fourth-order valence-corrected chi connectivity index (χ4v) is 4.15. The smallest absolute Gasteiger partial charge is 0.258 e. The molecular formula is C20H22Br2N2O4. The first-order chi connectivity index (χ1) is 12.6. The number of benzene rings is 2. The van der Waals surface area contributed by atoms with E-state index in [1.54, 1.807) is 12.1 Å². The highest BCUT2D eigenvalue weighted by Gasteiger charge is 2.30. The van der Waals surface area contributed by atoms with Gasteiger partial charge in [0.15, 0.2) is 0 Å². The maximum atomic E-state index is 11.7. The van der Waals surface area contributed by atoms with Gasteiger partial charge in [0.25, 0.3) is 11.4 Å². The van der Waals surface area contributed by atoms with E-state index in [1.807, 2.05) is 41.5 Å². The number of hydrogen-bond acceptors (Lipinski definition) is 4. The molecule has 0 bridgehead atoms. The molecule has 0 N–H and O–H groups in total. The van der Waals surface area contributed by atoms with E-state index in [4.69, 9.17) is 0 Å². The van der Waals surface area contributed by atoms with Crippen LogP contribution in [0.2, 0.25) is 0 Å². The van der Waals surface area contributed by atoms with Gasteiger partial charge in [-0.1, -0.05) is 73.4 Å². The fraction of sp³-hybridized carbons (Fsp3) is 0.400. The van der Waals surface area contributed by atoms with Crippen LogP contribution in [0.3, 0.4) is 0 Å². The minimum absolute atomic E-state index is 0.0137. The van der Waals surface area contributed by atoms with Gasteiger partial charge in [-0.25, -0.2) is 0 Å². The van der Waals surface area contributed by atoms with E-state index in [0.29, 0.717) is 31.2 Å². The van der Waals surface area contributed by atoms with Gasteiger partial charge in [0, 0.05) is 43.3 Å². The summed E-state index contributed by atoms with van der Waals surface area (Å²) in [4.78, 5) is 22.5. The summed E-state index contributed by atoms with van der Waals surface area (Å²) in [6, 6.07) is 6.41. The molecule has 2 aromatic carbocycles. The highest BCUT2D eigenvalue weighted by Crippen LogP contribution is 2.44. The first-order valence-corrected chi connectivity index (χ1v) is 10.2. The van der Waals surface area contributed by atoms with Gasteiger partial charge >= 0.3 is 0 Å². The topological polar surface area (TPSA) is 86.3 Å². The van der Waals surface area contributed by atoms with Crippen LogP contribution in [-0.4, -0.2) is 9.85 Å². The van der Waals surface area contributed by atoms with Crippen LogP contribution in [0, 0.1) is 20.2 Å². The van der Waals surface area contributed by atoms with Crippen LogP contribution in [0.5, 0.6) is 0 Å². The normalized spacial score (nSPS) is 12.1. The van der Waals surface area contributed by atoms with Crippen molar-refractivity contribution >= 4 is 43.2 Å². The predicted molar refractivity (Wildman–Crippen MR) is 118 cm³/mol. The molecule has 0 aliphatic rings. The van der Waals surface area contributed by atoms with E-state index in [2.05, 4.69) is 31.9 Å². The predicted octanol–water partition coefficient (Wildman–Crippen LogP) is 7.29. The van der Waals surface area contributed by atoms with Crippen molar-refractivity contribution in [1.29, 1.82) is 0 Å². The van der Waals surface area contributed by atoms with Gasteiger partial charge in [-0.3, -0.25) is 20.2 Å². The third-order valence-electron chi connectivity index (χ3n) is 4.47. The number of nitrogens with zero attached hydrogens (tertiary/aromatic N) is 2. The Labute approximate surface area is 180 Å². The van der Waals surface area contributed by atoms with Gasteiger partial charge in [0.1, 0.15) is 0 Å². The minimum atomic E-state index is -0.428. The Morgan fingerprint density at radius 1 is 0.679 bits per heavy atom. The van der Waals surface area contributed by atoms with E-state index < -0.39 is 20.7 Å². The van der Waals surface area contributed by atoms with Crippen molar-refractivity contribution in [2.75, 3.05) is 0 Å². The zero-order valence-electron chi connectivity index (χ0n) is 16.6. The van der Waals surface area contributed by atoms with Gasteiger partial charge in [-0.2, -0.15) is 0 Å². The Bertz CT molecular complexity index is 894. The van der Waals surface area contributed by atoms with Crippen molar-refractivity contribution in [2.45, 2.75) is 52.4 Å². The lowest BCUT2D eigenvalue weighted by molar-refractivity contribution is -0.386. The Kier molecular flexibility index (Phi) is 6.07. The Morgan fingerprint density at radius 3 is 1.18 bits per heavy atom. The zero-order valence-corrected chi connectivity index (χ0v) is 19.8. The quantitative estimate of drug-likeness (QED) is 0.318. The molecule has 0 saturated carbocycles. The van der Waals surface area contributed by atoms with E-state index in [0.717, 1.165) is 0 Å². The lowest BCUT2D eigenvalue weighted by Crippen LogP contribution is -2.15. The van der Waals surface area contributed by atoms with Crippen LogP contribution in [0.4, 0.5) is 11.4 Å². The molecule has 2 aromatic rings. The van der Waals surface area contributed by atoms with E-state index in [-0.39, 0.29) is 11.4 Å². The van der Waals surface area contributed by atoms with Gasteiger partial charge in [-0.15, -0.1) is 0 Å². The minimum Gasteiger partial charge on any atom is -0.258 e. The van der Waals surface area contributed by atoms with Crippen molar-refractivity contribution in [2.24, 2.45) is 0 Å². The molecule has 0 aromatic heterocycles. The maximum Gasteiger partial charge on any atom is 0.273 e. The standard InChI is InChI=1S/C20H22Br2N2O4/c1-19(2,3)13-9-15(21)11(7-17(13)23(25)26)12-8-18(24(27)28)14(10-16(12)22)20(4,5)6/h7-10H,1-6H3. The number of nitro benzene ring substituents is 2. The molecule has 0 spiro atoms. The van der Waals surface area contributed by atoms with Crippen LogP contribution < -0.4 is 0 Å². The van der Waals surface area contributed by atoms with Crippen molar-refractivity contribution < 1.29 is 9.85 Å². The average molecular weight is 514 g/mol. The molecule has 0 atom stereocenters. The summed E-state index contributed by atoms with van der Waals surface area (Å²) in [6.07, 6.45) is 0. The first kappa shape index (κ1) is 22.5. The van der Waals surface area contributed by atoms with E-state index in [9.17, 15) is 20.2 Å². The molecule has 0 unspecified atom stereocenters. The Morgan fingerprint density at radius 2 is 0.964 bits per heavy atom. The Hall–Kier alpha value is -1.80. The molecule has 0 heterocycles. The van der Waals surface area contributed by atoms with Crippen LogP contribution in [-0.2, 0) is 10.8 Å². The third kappa shape index (κ3) is 4.43. The lowest BCUT2D eigenvalue weighted by atomic mass is 9.83. The highest BCUT2D eigenvalue weighted by atomic mass is 79.9. The van der Waals surface area contributed by atoms with Gasteiger partial charge < -0.3 is 0 Å². The number of halogens is 2.